The van der Waals surface area contributed by atoms with Gasteiger partial charge in [0.05, 0.1) is 7.11 Å². The Hall–Kier alpha value is -3.10. The van der Waals surface area contributed by atoms with Crippen LogP contribution in [-0.2, 0) is 30.3 Å². The number of esters is 1. The van der Waals surface area contributed by atoms with Crippen molar-refractivity contribution in [3.8, 4) is 0 Å². The van der Waals surface area contributed by atoms with Crippen LogP contribution in [0, 0.1) is 5.92 Å². The number of rotatable bonds is 8. The average Bonchev–Trinajstić information content (AvgIpc) is 2.73. The summed E-state index contributed by atoms with van der Waals surface area (Å²) in [5, 5.41) is 8.03. The zero-order valence-corrected chi connectivity index (χ0v) is 19.1. The van der Waals surface area contributed by atoms with E-state index in [2.05, 4.69) is 16.0 Å². The van der Waals surface area contributed by atoms with Crippen LogP contribution in [-0.4, -0.2) is 55.2 Å². The van der Waals surface area contributed by atoms with Gasteiger partial charge in [0.15, 0.2) is 0 Å². The molecule has 0 bridgehead atoms. The van der Waals surface area contributed by atoms with Gasteiger partial charge in [-0.2, -0.15) is 0 Å². The lowest BCUT2D eigenvalue weighted by Gasteiger charge is -2.27. The molecule has 0 unspecified atom stereocenters. The molecule has 9 heteroatoms. The molecule has 1 aromatic carbocycles. The van der Waals surface area contributed by atoms with Crippen LogP contribution in [0.25, 0.3) is 0 Å². The van der Waals surface area contributed by atoms with Crippen molar-refractivity contribution in [3.63, 3.8) is 0 Å². The fourth-order valence-corrected chi connectivity index (χ4v) is 3.48. The van der Waals surface area contributed by atoms with E-state index in [9.17, 15) is 19.2 Å². The van der Waals surface area contributed by atoms with E-state index in [1.54, 1.807) is 20.8 Å². The van der Waals surface area contributed by atoms with E-state index in [1.807, 2.05) is 30.3 Å². The molecule has 0 radical (unpaired) electrons. The predicted octanol–water partition coefficient (Wildman–Crippen LogP) is 1.70. The fourth-order valence-electron chi connectivity index (χ4n) is 3.48. The summed E-state index contributed by atoms with van der Waals surface area (Å²) in [5.74, 6) is -1.76. The van der Waals surface area contributed by atoms with Crippen molar-refractivity contribution >= 4 is 23.9 Å². The summed E-state index contributed by atoms with van der Waals surface area (Å²) >= 11 is 0. The van der Waals surface area contributed by atoms with E-state index in [0.29, 0.717) is 13.0 Å². The number of carbonyl (C=O) groups excluding carboxylic acids is 4. The lowest BCUT2D eigenvalue weighted by molar-refractivity contribution is -0.146. The molecule has 1 fully saturated rings. The Bertz CT molecular complexity index is 806. The number of amides is 3. The third-order valence-corrected chi connectivity index (χ3v) is 5.01. The average molecular weight is 448 g/mol. The highest BCUT2D eigenvalue weighted by Crippen LogP contribution is 2.18. The smallest absolute Gasteiger partial charge is 0.408 e. The van der Waals surface area contributed by atoms with Gasteiger partial charge in [-0.1, -0.05) is 30.3 Å². The summed E-state index contributed by atoms with van der Waals surface area (Å²) in [6.07, 6.45) is 1.00. The Balaban J connectivity index is 2.15. The summed E-state index contributed by atoms with van der Waals surface area (Å²) in [5.41, 5.74) is 0.0887. The van der Waals surface area contributed by atoms with Crippen molar-refractivity contribution in [2.24, 2.45) is 5.92 Å². The van der Waals surface area contributed by atoms with Crippen molar-refractivity contribution in [2.45, 2.75) is 64.1 Å². The summed E-state index contributed by atoms with van der Waals surface area (Å²) in [6, 6.07) is 7.18. The maximum absolute atomic E-state index is 13.1. The number of methoxy groups -OCH3 is 1. The van der Waals surface area contributed by atoms with Gasteiger partial charge >= 0.3 is 12.1 Å². The standard InChI is InChI=1S/C23H33N3O6/c1-23(2,3)32-22(30)26-17(13-15-9-6-5-7-10-15)20(28)25-18(21(29)31-4)14-16-11-8-12-24-19(16)27/h5-7,9-10,16-18H,8,11-14H2,1-4H3,(H,24,27)(H,25,28)(H,26,30)/t16-,17-,18-/m0/s1. The molecule has 9 nitrogen and oxygen atoms in total. The van der Waals surface area contributed by atoms with Crippen LogP contribution in [0.4, 0.5) is 4.79 Å². The monoisotopic (exact) mass is 447 g/mol. The minimum Gasteiger partial charge on any atom is -0.467 e. The Morgan fingerprint density at radius 1 is 1.12 bits per heavy atom. The van der Waals surface area contributed by atoms with Gasteiger partial charge in [0.2, 0.25) is 11.8 Å². The lowest BCUT2D eigenvalue weighted by atomic mass is 9.91. The molecule has 0 aromatic heterocycles. The molecule has 3 N–H and O–H groups in total. The molecule has 1 aliphatic rings. The first-order valence-corrected chi connectivity index (χ1v) is 10.8. The maximum atomic E-state index is 13.1. The summed E-state index contributed by atoms with van der Waals surface area (Å²) in [7, 11) is 1.23. The van der Waals surface area contributed by atoms with E-state index >= 15 is 0 Å². The largest absolute Gasteiger partial charge is 0.467 e. The van der Waals surface area contributed by atoms with E-state index in [1.165, 1.54) is 7.11 Å². The molecule has 3 amide bonds. The molecule has 1 aromatic rings. The van der Waals surface area contributed by atoms with Crippen LogP contribution < -0.4 is 16.0 Å². The Morgan fingerprint density at radius 2 is 1.81 bits per heavy atom. The number of alkyl carbamates (subject to hydrolysis) is 1. The van der Waals surface area contributed by atoms with Gasteiger partial charge in [0, 0.05) is 18.9 Å². The normalized spacial score (nSPS) is 18.0. The van der Waals surface area contributed by atoms with Gasteiger partial charge in [-0.05, 0) is 45.6 Å². The molecule has 1 heterocycles. The van der Waals surface area contributed by atoms with E-state index in [-0.39, 0.29) is 18.7 Å². The minimum atomic E-state index is -1.01. The van der Waals surface area contributed by atoms with Gasteiger partial charge in [-0.25, -0.2) is 9.59 Å². The quantitative estimate of drug-likeness (QED) is 0.521. The third-order valence-electron chi connectivity index (χ3n) is 5.01. The second-order valence-electron chi connectivity index (χ2n) is 8.84. The molecule has 1 aliphatic heterocycles. The highest BCUT2D eigenvalue weighted by atomic mass is 16.6. The first kappa shape index (κ1) is 25.2. The van der Waals surface area contributed by atoms with Crippen LogP contribution in [0.1, 0.15) is 45.6 Å². The summed E-state index contributed by atoms with van der Waals surface area (Å²) in [4.78, 5) is 49.9. The number of piperidine rings is 1. The van der Waals surface area contributed by atoms with Crippen molar-refractivity contribution in [2.75, 3.05) is 13.7 Å². The van der Waals surface area contributed by atoms with Crippen LogP contribution in [0.2, 0.25) is 0 Å². The molecule has 0 spiro atoms. The summed E-state index contributed by atoms with van der Waals surface area (Å²) in [6.45, 7) is 5.77. The number of hydrogen-bond donors (Lipinski definition) is 3. The predicted molar refractivity (Wildman–Crippen MR) is 118 cm³/mol. The first-order valence-electron chi connectivity index (χ1n) is 10.8. The molecule has 2 rings (SSSR count). The van der Waals surface area contributed by atoms with Crippen molar-refractivity contribution in [1.29, 1.82) is 0 Å². The highest BCUT2D eigenvalue weighted by molar-refractivity contribution is 5.90. The van der Waals surface area contributed by atoms with Crippen molar-refractivity contribution in [3.05, 3.63) is 35.9 Å². The Labute approximate surface area is 188 Å². The Morgan fingerprint density at radius 3 is 2.41 bits per heavy atom. The fraction of sp³-hybridized carbons (Fsp3) is 0.565. The Kier molecular flexibility index (Phi) is 9.04. The topological polar surface area (TPSA) is 123 Å². The van der Waals surface area contributed by atoms with E-state index in [0.717, 1.165) is 12.0 Å². The third kappa shape index (κ3) is 8.20. The van der Waals surface area contributed by atoms with Gasteiger partial charge in [-0.3, -0.25) is 9.59 Å². The number of benzene rings is 1. The van der Waals surface area contributed by atoms with E-state index in [4.69, 9.17) is 9.47 Å². The molecule has 176 valence electrons. The molecule has 0 saturated carbocycles. The molecule has 0 aliphatic carbocycles. The van der Waals surface area contributed by atoms with Crippen molar-refractivity contribution in [1.82, 2.24) is 16.0 Å². The number of carbonyl (C=O) groups is 4. The van der Waals surface area contributed by atoms with Gasteiger partial charge in [-0.15, -0.1) is 0 Å². The van der Waals surface area contributed by atoms with Crippen LogP contribution in [0.3, 0.4) is 0 Å². The van der Waals surface area contributed by atoms with Gasteiger partial charge in [0.25, 0.3) is 0 Å². The number of nitrogens with one attached hydrogen (secondary N) is 3. The molecule has 1 saturated heterocycles. The second kappa shape index (κ2) is 11.5. The first-order chi connectivity index (χ1) is 15.1. The zero-order valence-electron chi connectivity index (χ0n) is 19.1. The maximum Gasteiger partial charge on any atom is 0.408 e. The highest BCUT2D eigenvalue weighted by Gasteiger charge is 2.33. The molecule has 3 atom stereocenters. The van der Waals surface area contributed by atoms with Crippen LogP contribution >= 0.6 is 0 Å². The number of hydrogen-bond acceptors (Lipinski definition) is 6. The summed E-state index contributed by atoms with van der Waals surface area (Å²) < 4.78 is 10.1. The lowest BCUT2D eigenvalue weighted by Crippen LogP contribution is -2.54. The van der Waals surface area contributed by atoms with Gasteiger partial charge < -0.3 is 25.4 Å². The molecule has 32 heavy (non-hydrogen) atoms. The second-order valence-corrected chi connectivity index (χ2v) is 8.84. The van der Waals surface area contributed by atoms with Crippen LogP contribution in [0.5, 0.6) is 0 Å². The van der Waals surface area contributed by atoms with Crippen LogP contribution in [0.15, 0.2) is 30.3 Å². The van der Waals surface area contributed by atoms with Gasteiger partial charge in [0.1, 0.15) is 17.7 Å². The molecular formula is C23H33N3O6. The minimum absolute atomic E-state index is 0.120. The molecular weight excluding hydrogens is 414 g/mol. The SMILES string of the molecule is COC(=O)[C@H](C[C@@H]1CCCNC1=O)NC(=O)[C@H](Cc1ccccc1)NC(=O)OC(C)(C)C. The number of ether oxygens (including phenoxy) is 2. The van der Waals surface area contributed by atoms with Crippen molar-refractivity contribution < 1.29 is 28.7 Å². The van der Waals surface area contributed by atoms with E-state index < -0.39 is 41.6 Å². The zero-order chi connectivity index (χ0) is 23.7.